The molecule has 2 aromatic rings. The third kappa shape index (κ3) is 5.12. The first-order chi connectivity index (χ1) is 13.4. The number of amides is 1. The molecule has 0 atom stereocenters. The summed E-state index contributed by atoms with van der Waals surface area (Å²) in [6, 6.07) is 0. The maximum atomic E-state index is 12.4. The van der Waals surface area contributed by atoms with Crippen LogP contribution in [0.4, 0.5) is 0 Å². The maximum Gasteiger partial charge on any atom is 0.340 e. The molecule has 2 rings (SSSR count). The van der Waals surface area contributed by atoms with Crippen LogP contribution in [-0.4, -0.2) is 39.4 Å². The van der Waals surface area contributed by atoms with E-state index < -0.39 is 0 Å². The highest BCUT2D eigenvalue weighted by molar-refractivity contribution is 5.98. The number of hydrogen-bond acceptors (Lipinski definition) is 4. The van der Waals surface area contributed by atoms with Gasteiger partial charge in [-0.2, -0.15) is 5.10 Å². The van der Waals surface area contributed by atoms with E-state index in [9.17, 15) is 9.59 Å². The molecule has 2 aromatic heterocycles. The summed E-state index contributed by atoms with van der Waals surface area (Å²) in [4.78, 5) is 24.5. The van der Waals surface area contributed by atoms with Gasteiger partial charge in [0, 0.05) is 48.9 Å². The highest BCUT2D eigenvalue weighted by atomic mass is 16.5. The molecule has 1 N–H and O–H groups in total. The lowest BCUT2D eigenvalue weighted by atomic mass is 10.1. The first-order valence-corrected chi connectivity index (χ1v) is 9.70. The molecule has 0 saturated heterocycles. The fraction of sp³-hybridized carbons (Fsp3) is 0.476. The van der Waals surface area contributed by atoms with Crippen molar-refractivity contribution < 1.29 is 14.3 Å². The second kappa shape index (κ2) is 9.92. The summed E-state index contributed by atoms with van der Waals surface area (Å²) in [5.41, 5.74) is 4.18. The molecule has 0 spiro atoms. The standard InChI is InChI=1S/C21H30N4O3/c1-6-25-16(4)18(20(17(25)5)21(27)28-7-2)9-10-19(26)22-11-8-12-24-14-15(3)13-23-24/h9-10,13-14H,6-8,11-12H2,1-5H3,(H,22,26)/b10-9+. The number of aromatic nitrogens is 3. The van der Waals surface area contributed by atoms with E-state index in [2.05, 4.69) is 15.0 Å². The zero-order valence-corrected chi connectivity index (χ0v) is 17.4. The molecule has 7 nitrogen and oxygen atoms in total. The van der Waals surface area contributed by atoms with Crippen LogP contribution in [0.1, 0.15) is 53.1 Å². The van der Waals surface area contributed by atoms with Gasteiger partial charge in [-0.05, 0) is 52.7 Å². The van der Waals surface area contributed by atoms with E-state index in [1.54, 1.807) is 13.0 Å². The van der Waals surface area contributed by atoms with Crippen LogP contribution >= 0.6 is 0 Å². The lowest BCUT2D eigenvalue weighted by Gasteiger charge is -2.05. The summed E-state index contributed by atoms with van der Waals surface area (Å²) in [5, 5.41) is 7.09. The highest BCUT2D eigenvalue weighted by Crippen LogP contribution is 2.24. The van der Waals surface area contributed by atoms with Crippen LogP contribution < -0.4 is 5.32 Å². The average Bonchev–Trinajstić information content (AvgIpc) is 3.17. The van der Waals surface area contributed by atoms with Crippen molar-refractivity contribution in [1.82, 2.24) is 19.7 Å². The van der Waals surface area contributed by atoms with Crippen LogP contribution in [0.3, 0.4) is 0 Å². The Kier molecular flexibility index (Phi) is 7.61. The number of nitrogens with zero attached hydrogens (tertiary/aromatic N) is 3. The minimum Gasteiger partial charge on any atom is -0.462 e. The van der Waals surface area contributed by atoms with Crippen LogP contribution in [-0.2, 0) is 22.6 Å². The van der Waals surface area contributed by atoms with Gasteiger partial charge in [-0.15, -0.1) is 0 Å². The molecule has 152 valence electrons. The summed E-state index contributed by atoms with van der Waals surface area (Å²) < 4.78 is 9.11. The Balaban J connectivity index is 2.01. The van der Waals surface area contributed by atoms with Gasteiger partial charge < -0.3 is 14.6 Å². The van der Waals surface area contributed by atoms with E-state index >= 15 is 0 Å². The number of aryl methyl sites for hydroxylation is 2. The fourth-order valence-electron chi connectivity index (χ4n) is 3.31. The predicted molar refractivity (Wildman–Crippen MR) is 109 cm³/mol. The van der Waals surface area contributed by atoms with Crippen molar-refractivity contribution in [3.05, 3.63) is 46.5 Å². The van der Waals surface area contributed by atoms with E-state index in [0.29, 0.717) is 18.7 Å². The maximum absolute atomic E-state index is 12.4. The fourth-order valence-corrected chi connectivity index (χ4v) is 3.31. The molecule has 0 saturated carbocycles. The molecule has 0 radical (unpaired) electrons. The highest BCUT2D eigenvalue weighted by Gasteiger charge is 2.22. The quantitative estimate of drug-likeness (QED) is 0.408. The average molecular weight is 386 g/mol. The van der Waals surface area contributed by atoms with Crippen LogP contribution in [0.25, 0.3) is 6.08 Å². The third-order valence-corrected chi connectivity index (χ3v) is 4.65. The molecule has 7 heteroatoms. The first-order valence-electron chi connectivity index (χ1n) is 9.70. The van der Waals surface area contributed by atoms with Gasteiger partial charge in [-0.25, -0.2) is 4.79 Å². The van der Waals surface area contributed by atoms with Crippen molar-refractivity contribution in [3.8, 4) is 0 Å². The number of esters is 1. The van der Waals surface area contributed by atoms with Gasteiger partial charge in [0.1, 0.15) is 0 Å². The minimum absolute atomic E-state index is 0.187. The molecular formula is C21H30N4O3. The number of hydrogen-bond donors (Lipinski definition) is 1. The van der Waals surface area contributed by atoms with Crippen molar-refractivity contribution in [1.29, 1.82) is 0 Å². The molecule has 0 unspecified atom stereocenters. The minimum atomic E-state index is -0.357. The Morgan fingerprint density at radius 1 is 1.21 bits per heavy atom. The number of ether oxygens (including phenoxy) is 1. The van der Waals surface area contributed by atoms with Crippen LogP contribution in [0.2, 0.25) is 0 Å². The molecule has 28 heavy (non-hydrogen) atoms. The van der Waals surface area contributed by atoms with Crippen molar-refractivity contribution >= 4 is 18.0 Å². The zero-order valence-electron chi connectivity index (χ0n) is 17.4. The third-order valence-electron chi connectivity index (χ3n) is 4.65. The number of carbonyl (C=O) groups excluding carboxylic acids is 2. The second-order valence-electron chi connectivity index (χ2n) is 6.68. The molecule has 0 bridgehead atoms. The van der Waals surface area contributed by atoms with E-state index in [4.69, 9.17) is 4.74 Å². The van der Waals surface area contributed by atoms with Crippen molar-refractivity contribution in [3.63, 3.8) is 0 Å². The molecule has 0 aliphatic rings. The van der Waals surface area contributed by atoms with Crippen LogP contribution in [0.5, 0.6) is 0 Å². The van der Waals surface area contributed by atoms with E-state index in [0.717, 1.165) is 42.0 Å². The van der Waals surface area contributed by atoms with E-state index in [-0.39, 0.29) is 11.9 Å². The molecular weight excluding hydrogens is 356 g/mol. The molecule has 0 aliphatic heterocycles. The molecule has 0 aliphatic carbocycles. The van der Waals surface area contributed by atoms with Crippen molar-refractivity contribution in [2.24, 2.45) is 0 Å². The Hall–Kier alpha value is -2.83. The summed E-state index contributed by atoms with van der Waals surface area (Å²) in [5.74, 6) is -0.544. The van der Waals surface area contributed by atoms with Gasteiger partial charge in [-0.3, -0.25) is 9.48 Å². The molecule has 0 fully saturated rings. The SMILES string of the molecule is CCOC(=O)c1c(/C=C/C(=O)NCCCn2cc(C)cn2)c(C)n(CC)c1C. The monoisotopic (exact) mass is 386 g/mol. The number of carbonyl (C=O) groups is 2. The Bertz CT molecular complexity index is 861. The normalized spacial score (nSPS) is 11.2. The molecule has 0 aromatic carbocycles. The van der Waals surface area contributed by atoms with Gasteiger partial charge in [0.25, 0.3) is 0 Å². The van der Waals surface area contributed by atoms with Gasteiger partial charge >= 0.3 is 5.97 Å². The first kappa shape index (κ1) is 21.5. The summed E-state index contributed by atoms with van der Waals surface area (Å²) in [7, 11) is 0. The Morgan fingerprint density at radius 3 is 2.57 bits per heavy atom. The van der Waals surface area contributed by atoms with Gasteiger partial charge in [0.05, 0.1) is 18.4 Å². The molecule has 2 heterocycles. The topological polar surface area (TPSA) is 78.2 Å². The summed E-state index contributed by atoms with van der Waals surface area (Å²) in [6.45, 7) is 12.0. The van der Waals surface area contributed by atoms with Gasteiger partial charge in [0.2, 0.25) is 5.91 Å². The van der Waals surface area contributed by atoms with E-state index in [1.807, 2.05) is 44.8 Å². The van der Waals surface area contributed by atoms with Gasteiger partial charge in [0.15, 0.2) is 0 Å². The van der Waals surface area contributed by atoms with Crippen LogP contribution in [0, 0.1) is 20.8 Å². The predicted octanol–water partition coefficient (Wildman–Crippen LogP) is 3.03. The lowest BCUT2D eigenvalue weighted by Crippen LogP contribution is -2.23. The Labute approximate surface area is 166 Å². The lowest BCUT2D eigenvalue weighted by molar-refractivity contribution is -0.116. The molecule has 1 amide bonds. The summed E-state index contributed by atoms with van der Waals surface area (Å²) >= 11 is 0. The smallest absolute Gasteiger partial charge is 0.340 e. The van der Waals surface area contributed by atoms with Crippen LogP contribution in [0.15, 0.2) is 18.5 Å². The Morgan fingerprint density at radius 2 is 1.96 bits per heavy atom. The van der Waals surface area contributed by atoms with Crippen molar-refractivity contribution in [2.45, 2.75) is 54.1 Å². The number of rotatable bonds is 9. The van der Waals surface area contributed by atoms with Gasteiger partial charge in [-0.1, -0.05) is 0 Å². The largest absolute Gasteiger partial charge is 0.462 e. The summed E-state index contributed by atoms with van der Waals surface area (Å²) in [6.07, 6.45) is 7.76. The van der Waals surface area contributed by atoms with Crippen molar-refractivity contribution in [2.75, 3.05) is 13.2 Å². The number of nitrogens with one attached hydrogen (secondary N) is 1. The second-order valence-corrected chi connectivity index (χ2v) is 6.68. The zero-order chi connectivity index (χ0) is 20.7. The van der Waals surface area contributed by atoms with E-state index in [1.165, 1.54) is 6.08 Å².